The third kappa shape index (κ3) is 3.80. The van der Waals surface area contributed by atoms with E-state index in [1.54, 1.807) is 60.7 Å². The maximum absolute atomic E-state index is 13.4. The Hall–Kier alpha value is -4.13. The number of rotatable bonds is 5. The molecule has 162 valence electrons. The summed E-state index contributed by atoms with van der Waals surface area (Å²) in [4.78, 5) is 39.5. The second kappa shape index (κ2) is 8.55. The number of carbonyl (C=O) groups excluding carboxylic acids is 1. The van der Waals surface area contributed by atoms with Crippen LogP contribution in [0.3, 0.4) is 0 Å². The maximum Gasteiger partial charge on any atom is 0.336 e. The van der Waals surface area contributed by atoms with Crippen molar-refractivity contribution in [2.45, 2.75) is 20.4 Å². The molecule has 0 fully saturated rings. The van der Waals surface area contributed by atoms with E-state index >= 15 is 0 Å². The van der Waals surface area contributed by atoms with Crippen molar-refractivity contribution in [2.24, 2.45) is 0 Å². The second-order valence-electron chi connectivity index (χ2n) is 7.54. The predicted molar refractivity (Wildman–Crippen MR) is 125 cm³/mol. The van der Waals surface area contributed by atoms with Crippen molar-refractivity contribution in [1.82, 2.24) is 9.13 Å². The zero-order valence-corrected chi connectivity index (χ0v) is 18.1. The Morgan fingerprint density at radius 1 is 0.938 bits per heavy atom. The first kappa shape index (κ1) is 21.1. The topological polar surface area (TPSA) is 82.3 Å². The Balaban J connectivity index is 1.84. The number of ether oxygens (including phenoxy) is 1. The van der Waals surface area contributed by atoms with Crippen LogP contribution in [-0.4, -0.2) is 22.2 Å². The number of amides is 1. The minimum atomic E-state index is -0.577. The Bertz CT molecular complexity index is 1450. The van der Waals surface area contributed by atoms with Crippen molar-refractivity contribution in [2.75, 3.05) is 12.4 Å². The molecule has 1 N–H and O–H groups in total. The van der Waals surface area contributed by atoms with Gasteiger partial charge in [-0.05, 0) is 61.4 Å². The van der Waals surface area contributed by atoms with Gasteiger partial charge < -0.3 is 10.1 Å². The van der Waals surface area contributed by atoms with Gasteiger partial charge in [0.1, 0.15) is 12.3 Å². The molecule has 4 aromatic rings. The van der Waals surface area contributed by atoms with E-state index in [0.29, 0.717) is 28.0 Å². The zero-order valence-electron chi connectivity index (χ0n) is 18.1. The van der Waals surface area contributed by atoms with Crippen LogP contribution in [-0.2, 0) is 11.3 Å². The van der Waals surface area contributed by atoms with Gasteiger partial charge in [0.2, 0.25) is 5.91 Å². The number of anilines is 1. The highest BCUT2D eigenvalue weighted by Gasteiger charge is 2.17. The number of methoxy groups -OCH3 is 1. The van der Waals surface area contributed by atoms with Gasteiger partial charge in [-0.1, -0.05) is 30.3 Å². The molecular weight excluding hydrogens is 406 g/mol. The van der Waals surface area contributed by atoms with Crippen LogP contribution in [0.5, 0.6) is 5.75 Å². The quantitative estimate of drug-likeness (QED) is 0.527. The number of nitrogens with zero attached hydrogens (tertiary/aromatic N) is 2. The molecule has 1 heterocycles. The number of nitrogens with one attached hydrogen (secondary N) is 1. The van der Waals surface area contributed by atoms with E-state index in [0.717, 1.165) is 15.7 Å². The highest BCUT2D eigenvalue weighted by Crippen LogP contribution is 2.23. The fourth-order valence-corrected chi connectivity index (χ4v) is 3.65. The van der Waals surface area contributed by atoms with Gasteiger partial charge in [0.25, 0.3) is 5.56 Å². The lowest BCUT2D eigenvalue weighted by atomic mass is 10.1. The molecule has 7 heteroatoms. The number of benzene rings is 3. The van der Waals surface area contributed by atoms with Gasteiger partial charge >= 0.3 is 5.69 Å². The van der Waals surface area contributed by atoms with Crippen molar-refractivity contribution >= 4 is 22.5 Å². The van der Waals surface area contributed by atoms with Crippen LogP contribution < -0.4 is 21.3 Å². The van der Waals surface area contributed by atoms with E-state index < -0.39 is 17.2 Å². The maximum atomic E-state index is 13.4. The van der Waals surface area contributed by atoms with E-state index in [9.17, 15) is 14.4 Å². The average molecular weight is 429 g/mol. The smallest absolute Gasteiger partial charge is 0.336 e. The molecule has 3 aromatic carbocycles. The Kier molecular flexibility index (Phi) is 5.64. The van der Waals surface area contributed by atoms with Gasteiger partial charge in [0.15, 0.2) is 0 Å². The van der Waals surface area contributed by atoms with Crippen LogP contribution in [0.15, 0.2) is 76.3 Å². The normalized spacial score (nSPS) is 10.8. The molecule has 0 bridgehead atoms. The minimum Gasteiger partial charge on any atom is -0.495 e. The molecule has 0 radical (unpaired) electrons. The van der Waals surface area contributed by atoms with Crippen molar-refractivity contribution in [3.63, 3.8) is 0 Å². The summed E-state index contributed by atoms with van der Waals surface area (Å²) >= 11 is 0. The molecule has 0 aliphatic rings. The SMILES string of the molecule is COc1ccccc1NC(=O)Cn1c(=O)n(-c2ccc(C)c(C)c2)c(=O)c2ccccc21. The van der Waals surface area contributed by atoms with Crippen LogP contribution in [0, 0.1) is 13.8 Å². The molecule has 0 unspecified atom stereocenters. The number of hydrogen-bond acceptors (Lipinski definition) is 4. The standard InChI is InChI=1S/C25H23N3O4/c1-16-12-13-18(14-17(16)2)28-24(30)19-8-4-6-10-21(19)27(25(28)31)15-23(29)26-20-9-5-7-11-22(20)32-3/h4-14H,15H2,1-3H3,(H,26,29). The van der Waals surface area contributed by atoms with Gasteiger partial charge in [-0.25, -0.2) is 9.36 Å². The molecule has 7 nitrogen and oxygen atoms in total. The summed E-state index contributed by atoms with van der Waals surface area (Å²) in [6.45, 7) is 3.62. The highest BCUT2D eigenvalue weighted by molar-refractivity contribution is 5.93. The van der Waals surface area contributed by atoms with Crippen molar-refractivity contribution in [1.29, 1.82) is 0 Å². The molecule has 0 saturated heterocycles. The second-order valence-corrected chi connectivity index (χ2v) is 7.54. The van der Waals surface area contributed by atoms with E-state index in [4.69, 9.17) is 4.74 Å². The summed E-state index contributed by atoms with van der Waals surface area (Å²) in [7, 11) is 1.52. The summed E-state index contributed by atoms with van der Waals surface area (Å²) in [6, 6.07) is 19.2. The summed E-state index contributed by atoms with van der Waals surface area (Å²) < 4.78 is 7.71. The third-order valence-electron chi connectivity index (χ3n) is 5.48. The number of aryl methyl sites for hydroxylation is 2. The van der Waals surface area contributed by atoms with Crippen molar-refractivity contribution in [3.8, 4) is 11.4 Å². The molecule has 0 spiro atoms. The fraction of sp³-hybridized carbons (Fsp3) is 0.160. The number of carbonyl (C=O) groups is 1. The van der Waals surface area contributed by atoms with Crippen LogP contribution in [0.1, 0.15) is 11.1 Å². The number of para-hydroxylation sites is 3. The van der Waals surface area contributed by atoms with Crippen LogP contribution >= 0.6 is 0 Å². The molecule has 4 rings (SSSR count). The van der Waals surface area contributed by atoms with Crippen molar-refractivity contribution in [3.05, 3.63) is 98.7 Å². The summed E-state index contributed by atoms with van der Waals surface area (Å²) in [6.07, 6.45) is 0. The van der Waals surface area contributed by atoms with E-state index in [-0.39, 0.29) is 6.54 Å². The van der Waals surface area contributed by atoms with Gasteiger partial charge in [0, 0.05) is 0 Å². The third-order valence-corrected chi connectivity index (χ3v) is 5.48. The summed E-state index contributed by atoms with van der Waals surface area (Å²) in [5, 5.41) is 3.14. The lowest BCUT2D eigenvalue weighted by Crippen LogP contribution is -2.40. The first-order chi connectivity index (χ1) is 15.4. The zero-order chi connectivity index (χ0) is 22.8. The van der Waals surface area contributed by atoms with E-state index in [2.05, 4.69) is 5.32 Å². The lowest BCUT2D eigenvalue weighted by Gasteiger charge is -2.15. The van der Waals surface area contributed by atoms with Crippen LogP contribution in [0.4, 0.5) is 5.69 Å². The highest BCUT2D eigenvalue weighted by atomic mass is 16.5. The summed E-state index contributed by atoms with van der Waals surface area (Å²) in [5.41, 5.74) is 2.38. The van der Waals surface area contributed by atoms with E-state index in [1.807, 2.05) is 19.9 Å². The largest absolute Gasteiger partial charge is 0.495 e. The van der Waals surface area contributed by atoms with Crippen LogP contribution in [0.25, 0.3) is 16.6 Å². The number of fused-ring (bicyclic) bond motifs is 1. The first-order valence-electron chi connectivity index (χ1n) is 10.2. The molecule has 32 heavy (non-hydrogen) atoms. The number of aromatic nitrogens is 2. The molecule has 0 aliphatic heterocycles. The molecule has 1 amide bonds. The molecule has 0 atom stereocenters. The predicted octanol–water partition coefficient (Wildman–Crippen LogP) is 3.42. The van der Waals surface area contributed by atoms with Crippen LogP contribution in [0.2, 0.25) is 0 Å². The van der Waals surface area contributed by atoms with Crippen molar-refractivity contribution < 1.29 is 9.53 Å². The molecule has 0 aliphatic carbocycles. The first-order valence-corrected chi connectivity index (χ1v) is 10.2. The Morgan fingerprint density at radius 2 is 1.66 bits per heavy atom. The minimum absolute atomic E-state index is 0.261. The Labute approximate surface area is 184 Å². The van der Waals surface area contributed by atoms with Gasteiger partial charge in [-0.3, -0.25) is 14.2 Å². The van der Waals surface area contributed by atoms with Gasteiger partial charge in [-0.15, -0.1) is 0 Å². The Morgan fingerprint density at radius 3 is 2.41 bits per heavy atom. The molecular formula is C25H23N3O4. The summed E-state index contributed by atoms with van der Waals surface area (Å²) in [5.74, 6) is 0.102. The van der Waals surface area contributed by atoms with E-state index in [1.165, 1.54) is 11.7 Å². The fourth-order valence-electron chi connectivity index (χ4n) is 3.65. The molecule has 1 aromatic heterocycles. The number of hydrogen-bond donors (Lipinski definition) is 1. The van der Waals surface area contributed by atoms with Gasteiger partial charge in [-0.2, -0.15) is 0 Å². The monoisotopic (exact) mass is 429 g/mol. The van der Waals surface area contributed by atoms with Gasteiger partial charge in [0.05, 0.1) is 29.4 Å². The molecule has 0 saturated carbocycles. The lowest BCUT2D eigenvalue weighted by molar-refractivity contribution is -0.116. The average Bonchev–Trinajstić information content (AvgIpc) is 2.79.